The molecule has 4 heteroatoms. The van der Waals surface area contributed by atoms with Crippen molar-refractivity contribution in [3.8, 4) is 0 Å². The SMILES string of the molecule is CCNC(CCC(C)(C)OC)c1cc(F)cc(F)c1. The molecule has 0 spiro atoms. The first-order valence-corrected chi connectivity index (χ1v) is 6.62. The minimum Gasteiger partial charge on any atom is -0.379 e. The van der Waals surface area contributed by atoms with Gasteiger partial charge in [0, 0.05) is 19.2 Å². The molecule has 0 amide bonds. The quantitative estimate of drug-likeness (QED) is 0.814. The van der Waals surface area contributed by atoms with Crippen LogP contribution in [0, 0.1) is 11.6 Å². The van der Waals surface area contributed by atoms with Crippen LogP contribution in [0.2, 0.25) is 0 Å². The molecule has 1 aromatic rings. The summed E-state index contributed by atoms with van der Waals surface area (Å²) in [5.41, 5.74) is 0.408. The molecule has 0 radical (unpaired) electrons. The third-order valence-corrected chi connectivity index (χ3v) is 3.33. The van der Waals surface area contributed by atoms with Gasteiger partial charge in [-0.3, -0.25) is 0 Å². The Labute approximate surface area is 114 Å². The lowest BCUT2D eigenvalue weighted by atomic mass is 9.94. The second-order valence-corrected chi connectivity index (χ2v) is 5.32. The fourth-order valence-corrected chi connectivity index (χ4v) is 2.00. The van der Waals surface area contributed by atoms with Gasteiger partial charge in [-0.2, -0.15) is 0 Å². The molecule has 0 aromatic heterocycles. The molecule has 0 heterocycles. The third-order valence-electron chi connectivity index (χ3n) is 3.33. The minimum absolute atomic E-state index is 0.0652. The molecule has 0 saturated carbocycles. The number of hydrogen-bond donors (Lipinski definition) is 1. The monoisotopic (exact) mass is 271 g/mol. The number of ether oxygens (including phenoxy) is 1. The maximum atomic E-state index is 13.3. The summed E-state index contributed by atoms with van der Waals surface area (Å²) in [5.74, 6) is -1.08. The summed E-state index contributed by atoms with van der Waals surface area (Å²) in [6, 6.07) is 3.60. The molecule has 1 atom stereocenters. The molecular weight excluding hydrogens is 248 g/mol. The van der Waals surface area contributed by atoms with E-state index < -0.39 is 11.6 Å². The summed E-state index contributed by atoms with van der Waals surface area (Å²) in [4.78, 5) is 0. The standard InChI is InChI=1S/C15H23F2NO/c1-5-18-14(6-7-15(2,3)19-4)11-8-12(16)10-13(17)9-11/h8-10,14,18H,5-7H2,1-4H3. The molecule has 0 saturated heterocycles. The Morgan fingerprint density at radius 2 is 1.79 bits per heavy atom. The molecule has 108 valence electrons. The van der Waals surface area contributed by atoms with Gasteiger partial charge in [0.2, 0.25) is 0 Å². The normalized spacial score (nSPS) is 13.6. The molecule has 0 fully saturated rings. The van der Waals surface area contributed by atoms with Crippen molar-refractivity contribution in [3.63, 3.8) is 0 Å². The molecule has 0 aliphatic carbocycles. The highest BCUT2D eigenvalue weighted by Gasteiger charge is 2.20. The van der Waals surface area contributed by atoms with Gasteiger partial charge in [-0.1, -0.05) is 6.92 Å². The Kier molecular flexibility index (Phi) is 5.88. The number of methoxy groups -OCH3 is 1. The van der Waals surface area contributed by atoms with Crippen molar-refractivity contribution in [3.05, 3.63) is 35.4 Å². The van der Waals surface area contributed by atoms with Gasteiger partial charge in [0.1, 0.15) is 11.6 Å². The largest absolute Gasteiger partial charge is 0.379 e. The maximum absolute atomic E-state index is 13.3. The van der Waals surface area contributed by atoms with Gasteiger partial charge in [-0.15, -0.1) is 0 Å². The van der Waals surface area contributed by atoms with Crippen LogP contribution < -0.4 is 5.32 Å². The van der Waals surface area contributed by atoms with E-state index in [4.69, 9.17) is 4.74 Å². The first kappa shape index (κ1) is 16.1. The lowest BCUT2D eigenvalue weighted by Gasteiger charge is -2.26. The van der Waals surface area contributed by atoms with E-state index in [1.54, 1.807) is 7.11 Å². The second kappa shape index (κ2) is 6.96. The van der Waals surface area contributed by atoms with Crippen LogP contribution in [0.4, 0.5) is 8.78 Å². The molecule has 2 nitrogen and oxygen atoms in total. The van der Waals surface area contributed by atoms with Gasteiger partial charge >= 0.3 is 0 Å². The zero-order valence-corrected chi connectivity index (χ0v) is 12.1. The van der Waals surface area contributed by atoms with Crippen molar-refractivity contribution in [1.29, 1.82) is 0 Å². The van der Waals surface area contributed by atoms with Gasteiger partial charge in [0.05, 0.1) is 5.60 Å². The van der Waals surface area contributed by atoms with E-state index in [-0.39, 0.29) is 11.6 Å². The zero-order valence-electron chi connectivity index (χ0n) is 12.1. The summed E-state index contributed by atoms with van der Waals surface area (Å²) in [6.07, 6.45) is 1.57. The fraction of sp³-hybridized carbons (Fsp3) is 0.600. The number of hydrogen-bond acceptors (Lipinski definition) is 2. The minimum atomic E-state index is -0.538. The Hall–Kier alpha value is -1.00. The van der Waals surface area contributed by atoms with E-state index in [9.17, 15) is 8.78 Å². The molecule has 0 aliphatic rings. The number of rotatable bonds is 7. The highest BCUT2D eigenvalue weighted by atomic mass is 19.1. The van der Waals surface area contributed by atoms with Gasteiger partial charge < -0.3 is 10.1 Å². The second-order valence-electron chi connectivity index (χ2n) is 5.32. The van der Waals surface area contributed by atoms with E-state index in [1.807, 2.05) is 20.8 Å². The maximum Gasteiger partial charge on any atom is 0.126 e. The molecule has 1 N–H and O–H groups in total. The van der Waals surface area contributed by atoms with Crippen LogP contribution >= 0.6 is 0 Å². The van der Waals surface area contributed by atoms with Gasteiger partial charge in [-0.25, -0.2) is 8.78 Å². The smallest absolute Gasteiger partial charge is 0.126 e. The summed E-state index contributed by atoms with van der Waals surface area (Å²) in [5, 5.41) is 3.26. The highest BCUT2D eigenvalue weighted by Crippen LogP contribution is 2.25. The van der Waals surface area contributed by atoms with Gasteiger partial charge in [0.25, 0.3) is 0 Å². The molecule has 1 rings (SSSR count). The van der Waals surface area contributed by atoms with Crippen LogP contribution in [0.3, 0.4) is 0 Å². The highest BCUT2D eigenvalue weighted by molar-refractivity contribution is 5.21. The van der Waals surface area contributed by atoms with Crippen molar-refractivity contribution in [2.45, 2.75) is 45.3 Å². The summed E-state index contributed by atoms with van der Waals surface area (Å²) >= 11 is 0. The van der Waals surface area contributed by atoms with Crippen molar-refractivity contribution in [2.24, 2.45) is 0 Å². The van der Waals surface area contributed by atoms with Crippen molar-refractivity contribution in [1.82, 2.24) is 5.32 Å². The Balaban J connectivity index is 2.82. The zero-order chi connectivity index (χ0) is 14.5. The van der Waals surface area contributed by atoms with Crippen LogP contribution in [0.25, 0.3) is 0 Å². The van der Waals surface area contributed by atoms with Crippen LogP contribution in [-0.2, 0) is 4.74 Å². The average Bonchev–Trinajstić information content (AvgIpc) is 2.33. The molecule has 19 heavy (non-hydrogen) atoms. The first-order chi connectivity index (χ1) is 8.88. The van der Waals surface area contributed by atoms with Crippen LogP contribution in [0.5, 0.6) is 0 Å². The molecular formula is C15H23F2NO. The molecule has 1 unspecified atom stereocenters. The lowest BCUT2D eigenvalue weighted by molar-refractivity contribution is 0.0117. The lowest BCUT2D eigenvalue weighted by Crippen LogP contribution is -2.27. The van der Waals surface area contributed by atoms with Gasteiger partial charge in [0.15, 0.2) is 0 Å². The number of benzene rings is 1. The summed E-state index contributed by atoms with van der Waals surface area (Å²) < 4.78 is 31.9. The van der Waals surface area contributed by atoms with Gasteiger partial charge in [-0.05, 0) is 50.9 Å². The predicted octanol–water partition coefficient (Wildman–Crippen LogP) is 3.82. The number of halogens is 2. The van der Waals surface area contributed by atoms with Crippen LogP contribution in [0.1, 0.15) is 45.2 Å². The van der Waals surface area contributed by atoms with Crippen LogP contribution in [-0.4, -0.2) is 19.3 Å². The molecule has 0 aliphatic heterocycles. The Morgan fingerprint density at radius 1 is 1.21 bits per heavy atom. The van der Waals surface area contributed by atoms with E-state index in [1.165, 1.54) is 12.1 Å². The molecule has 0 bridgehead atoms. The fourth-order valence-electron chi connectivity index (χ4n) is 2.00. The topological polar surface area (TPSA) is 21.3 Å². The van der Waals surface area contributed by atoms with E-state index in [0.717, 1.165) is 25.5 Å². The first-order valence-electron chi connectivity index (χ1n) is 6.62. The number of nitrogens with one attached hydrogen (secondary N) is 1. The predicted molar refractivity (Wildman–Crippen MR) is 73.1 cm³/mol. The van der Waals surface area contributed by atoms with Crippen LogP contribution in [0.15, 0.2) is 18.2 Å². The molecule has 1 aromatic carbocycles. The van der Waals surface area contributed by atoms with E-state index >= 15 is 0 Å². The third kappa shape index (κ3) is 5.25. The Morgan fingerprint density at radius 3 is 2.26 bits per heavy atom. The van der Waals surface area contributed by atoms with E-state index in [2.05, 4.69) is 5.32 Å². The van der Waals surface area contributed by atoms with Crippen molar-refractivity contribution in [2.75, 3.05) is 13.7 Å². The van der Waals surface area contributed by atoms with Crippen molar-refractivity contribution < 1.29 is 13.5 Å². The average molecular weight is 271 g/mol. The summed E-state index contributed by atoms with van der Waals surface area (Å²) in [7, 11) is 1.67. The Bertz CT molecular complexity index is 387. The summed E-state index contributed by atoms with van der Waals surface area (Å²) in [6.45, 7) is 6.73. The van der Waals surface area contributed by atoms with Crippen molar-refractivity contribution >= 4 is 0 Å². The van der Waals surface area contributed by atoms with E-state index in [0.29, 0.717) is 5.56 Å².